The monoisotopic (exact) mass is 374 g/mol. The molecular weight excluding hydrogens is 356 g/mol. The minimum atomic E-state index is -0.431. The molecule has 1 aromatic carbocycles. The lowest BCUT2D eigenvalue weighted by molar-refractivity contribution is -0.117. The molecule has 1 N–H and O–H groups in total. The van der Waals surface area contributed by atoms with Gasteiger partial charge in [0.1, 0.15) is 6.54 Å². The summed E-state index contributed by atoms with van der Waals surface area (Å²) in [4.78, 5) is 30.3. The number of carbonyl (C=O) groups is 1. The molecule has 0 saturated heterocycles. The van der Waals surface area contributed by atoms with Gasteiger partial charge < -0.3 is 14.8 Å². The van der Waals surface area contributed by atoms with Crippen LogP contribution in [0, 0.1) is 13.8 Å². The molecule has 0 bridgehead atoms. The minimum Gasteiger partial charge on any atom is -0.493 e. The van der Waals surface area contributed by atoms with Gasteiger partial charge >= 0.3 is 0 Å². The Bertz CT molecular complexity index is 1020. The van der Waals surface area contributed by atoms with Gasteiger partial charge in [-0.15, -0.1) is 11.3 Å². The first kappa shape index (κ1) is 17.9. The van der Waals surface area contributed by atoms with E-state index in [9.17, 15) is 9.59 Å². The standard InChI is InChI=1S/C17H18N4O4S/c1-9-10(2)26-17(19-9)20-13(22)8-21-16(23)14-11(7-18-21)5-6-12(24-3)15(14)25-4/h5-7H,8H2,1-4H3,(H,19,20,22). The van der Waals surface area contributed by atoms with Crippen molar-refractivity contribution in [2.75, 3.05) is 19.5 Å². The van der Waals surface area contributed by atoms with Gasteiger partial charge in [0, 0.05) is 10.3 Å². The Kier molecular flexibility index (Phi) is 4.90. The van der Waals surface area contributed by atoms with Crippen LogP contribution in [0.1, 0.15) is 10.6 Å². The van der Waals surface area contributed by atoms with Crippen LogP contribution in [0.25, 0.3) is 10.8 Å². The van der Waals surface area contributed by atoms with Gasteiger partial charge in [-0.1, -0.05) is 0 Å². The third kappa shape index (κ3) is 3.25. The Morgan fingerprint density at radius 3 is 2.65 bits per heavy atom. The smallest absolute Gasteiger partial charge is 0.279 e. The predicted octanol–water partition coefficient (Wildman–Crippen LogP) is 2.13. The van der Waals surface area contributed by atoms with Crippen molar-refractivity contribution in [3.63, 3.8) is 0 Å². The third-order valence-corrected chi connectivity index (χ3v) is 4.92. The van der Waals surface area contributed by atoms with Gasteiger partial charge in [0.15, 0.2) is 16.6 Å². The molecule has 0 aliphatic carbocycles. The first-order chi connectivity index (χ1) is 12.4. The van der Waals surface area contributed by atoms with E-state index in [0.29, 0.717) is 27.4 Å². The number of fused-ring (bicyclic) bond motifs is 1. The number of methoxy groups -OCH3 is 2. The molecule has 0 aliphatic rings. The minimum absolute atomic E-state index is 0.229. The van der Waals surface area contributed by atoms with Gasteiger partial charge in [-0.3, -0.25) is 9.59 Å². The predicted molar refractivity (Wildman–Crippen MR) is 99.3 cm³/mol. The van der Waals surface area contributed by atoms with Crippen LogP contribution < -0.4 is 20.3 Å². The van der Waals surface area contributed by atoms with Crippen LogP contribution in [0.15, 0.2) is 23.1 Å². The molecule has 0 atom stereocenters. The van der Waals surface area contributed by atoms with E-state index in [0.717, 1.165) is 15.3 Å². The lowest BCUT2D eigenvalue weighted by atomic mass is 10.1. The van der Waals surface area contributed by atoms with Gasteiger partial charge in [0.2, 0.25) is 5.91 Å². The lowest BCUT2D eigenvalue weighted by Crippen LogP contribution is -2.29. The number of ether oxygens (including phenoxy) is 2. The maximum atomic E-state index is 12.8. The first-order valence-corrected chi connectivity index (χ1v) is 8.61. The van der Waals surface area contributed by atoms with Crippen LogP contribution in [-0.4, -0.2) is 34.9 Å². The molecule has 2 heterocycles. The SMILES string of the molecule is COc1ccc2cnn(CC(=O)Nc3nc(C)c(C)s3)c(=O)c2c1OC. The zero-order chi connectivity index (χ0) is 18.8. The number of nitrogens with zero attached hydrogens (tertiary/aromatic N) is 3. The number of hydrogen-bond acceptors (Lipinski definition) is 7. The van der Waals surface area contributed by atoms with Crippen LogP contribution in [0.2, 0.25) is 0 Å². The Labute approximate surface area is 153 Å². The summed E-state index contributed by atoms with van der Waals surface area (Å²) in [7, 11) is 2.95. The van der Waals surface area contributed by atoms with Crippen LogP contribution in [0.4, 0.5) is 5.13 Å². The van der Waals surface area contributed by atoms with E-state index in [4.69, 9.17) is 9.47 Å². The number of thiazole rings is 1. The van der Waals surface area contributed by atoms with Crippen LogP contribution >= 0.6 is 11.3 Å². The molecule has 3 rings (SSSR count). The summed E-state index contributed by atoms with van der Waals surface area (Å²) in [6.45, 7) is 3.57. The molecule has 0 fully saturated rings. The normalized spacial score (nSPS) is 10.8. The summed E-state index contributed by atoms with van der Waals surface area (Å²) in [5, 5.41) is 8.18. The average Bonchev–Trinajstić information content (AvgIpc) is 2.93. The number of aromatic nitrogens is 3. The molecule has 2 aromatic heterocycles. The second-order valence-corrected chi connectivity index (χ2v) is 6.78. The number of carbonyl (C=O) groups excluding carboxylic acids is 1. The Balaban J connectivity index is 1.94. The maximum absolute atomic E-state index is 12.8. The molecule has 136 valence electrons. The largest absolute Gasteiger partial charge is 0.493 e. The molecule has 0 radical (unpaired) electrons. The van der Waals surface area contributed by atoms with E-state index >= 15 is 0 Å². The molecule has 0 unspecified atom stereocenters. The fourth-order valence-electron chi connectivity index (χ4n) is 2.52. The van der Waals surface area contributed by atoms with Crippen LogP contribution in [-0.2, 0) is 11.3 Å². The van der Waals surface area contributed by atoms with Crippen LogP contribution in [0.5, 0.6) is 11.5 Å². The number of aryl methyl sites for hydroxylation is 2. The zero-order valence-corrected chi connectivity index (χ0v) is 15.6. The second kappa shape index (κ2) is 7.12. The fourth-order valence-corrected chi connectivity index (χ4v) is 3.35. The second-order valence-electron chi connectivity index (χ2n) is 5.58. The van der Waals surface area contributed by atoms with Crippen molar-refractivity contribution in [2.45, 2.75) is 20.4 Å². The van der Waals surface area contributed by atoms with Crippen molar-refractivity contribution in [3.05, 3.63) is 39.3 Å². The molecule has 1 amide bonds. The van der Waals surface area contributed by atoms with E-state index in [2.05, 4.69) is 15.4 Å². The van der Waals surface area contributed by atoms with E-state index in [1.54, 1.807) is 12.1 Å². The first-order valence-electron chi connectivity index (χ1n) is 7.79. The fraction of sp³-hybridized carbons (Fsp3) is 0.294. The quantitative estimate of drug-likeness (QED) is 0.735. The highest BCUT2D eigenvalue weighted by molar-refractivity contribution is 7.15. The summed E-state index contributed by atoms with van der Waals surface area (Å²) >= 11 is 1.38. The maximum Gasteiger partial charge on any atom is 0.279 e. The topological polar surface area (TPSA) is 95.3 Å². The van der Waals surface area contributed by atoms with Crippen molar-refractivity contribution in [2.24, 2.45) is 0 Å². The molecule has 0 aliphatic heterocycles. The van der Waals surface area contributed by atoms with E-state index < -0.39 is 5.56 Å². The van der Waals surface area contributed by atoms with Crippen molar-refractivity contribution < 1.29 is 14.3 Å². The number of amides is 1. The van der Waals surface area contributed by atoms with Crippen molar-refractivity contribution in [3.8, 4) is 11.5 Å². The van der Waals surface area contributed by atoms with Crippen molar-refractivity contribution in [1.82, 2.24) is 14.8 Å². The molecule has 3 aromatic rings. The number of hydrogen-bond donors (Lipinski definition) is 1. The number of anilines is 1. The summed E-state index contributed by atoms with van der Waals surface area (Å²) in [6, 6.07) is 3.42. The molecular formula is C17H18N4O4S. The zero-order valence-electron chi connectivity index (χ0n) is 14.8. The van der Waals surface area contributed by atoms with Gasteiger partial charge in [0.25, 0.3) is 5.56 Å². The Hall–Kier alpha value is -2.94. The van der Waals surface area contributed by atoms with E-state index in [1.807, 2.05) is 13.8 Å². The van der Waals surface area contributed by atoms with E-state index in [1.165, 1.54) is 31.8 Å². The lowest BCUT2D eigenvalue weighted by Gasteiger charge is -2.11. The average molecular weight is 374 g/mol. The highest BCUT2D eigenvalue weighted by Gasteiger charge is 2.16. The summed E-state index contributed by atoms with van der Waals surface area (Å²) < 4.78 is 11.7. The van der Waals surface area contributed by atoms with Gasteiger partial charge in [-0.25, -0.2) is 9.67 Å². The highest BCUT2D eigenvalue weighted by Crippen LogP contribution is 2.32. The molecule has 9 heteroatoms. The highest BCUT2D eigenvalue weighted by atomic mass is 32.1. The third-order valence-electron chi connectivity index (χ3n) is 3.93. The molecule has 8 nitrogen and oxygen atoms in total. The molecule has 0 saturated carbocycles. The molecule has 0 spiro atoms. The summed E-state index contributed by atoms with van der Waals surface area (Å²) in [5.74, 6) is 0.375. The van der Waals surface area contributed by atoms with Gasteiger partial charge in [-0.05, 0) is 26.0 Å². The molecule has 26 heavy (non-hydrogen) atoms. The van der Waals surface area contributed by atoms with Gasteiger partial charge in [0.05, 0.1) is 31.5 Å². The van der Waals surface area contributed by atoms with Crippen molar-refractivity contribution in [1.29, 1.82) is 0 Å². The summed E-state index contributed by atoms with van der Waals surface area (Å²) in [6.07, 6.45) is 1.52. The van der Waals surface area contributed by atoms with E-state index in [-0.39, 0.29) is 12.5 Å². The number of rotatable bonds is 5. The summed E-state index contributed by atoms with van der Waals surface area (Å²) in [5.41, 5.74) is 0.433. The van der Waals surface area contributed by atoms with Crippen molar-refractivity contribution >= 4 is 33.1 Å². The Morgan fingerprint density at radius 2 is 2.04 bits per heavy atom. The van der Waals surface area contributed by atoms with Crippen LogP contribution in [0.3, 0.4) is 0 Å². The van der Waals surface area contributed by atoms with Gasteiger partial charge in [-0.2, -0.15) is 5.10 Å². The number of nitrogens with one attached hydrogen (secondary N) is 1. The number of benzene rings is 1. The Morgan fingerprint density at radius 1 is 1.27 bits per heavy atom.